The van der Waals surface area contributed by atoms with Crippen LogP contribution in [0.2, 0.25) is 0 Å². The molecule has 2 unspecified atom stereocenters. The molecule has 0 saturated heterocycles. The molecule has 0 amide bonds. The Kier molecular flexibility index (Phi) is 5.94. The summed E-state index contributed by atoms with van der Waals surface area (Å²) in [6.07, 6.45) is 9.40. The summed E-state index contributed by atoms with van der Waals surface area (Å²) in [5, 5.41) is 0. The normalized spacial score (nSPS) is 22.9. The van der Waals surface area contributed by atoms with Gasteiger partial charge >= 0.3 is 0 Å². The molecule has 0 aromatic carbocycles. The minimum atomic E-state index is 0.470. The zero-order valence-electron chi connectivity index (χ0n) is 12.3. The van der Waals surface area contributed by atoms with Gasteiger partial charge in [0.05, 0.1) is 0 Å². The van der Waals surface area contributed by atoms with Gasteiger partial charge in [0, 0.05) is 6.04 Å². The average Bonchev–Trinajstić information content (AvgIpc) is 2.67. The summed E-state index contributed by atoms with van der Waals surface area (Å²) in [4.78, 5) is 0. The van der Waals surface area contributed by atoms with E-state index in [0.29, 0.717) is 17.4 Å². The predicted molar refractivity (Wildman–Crippen MR) is 75.5 cm³/mol. The summed E-state index contributed by atoms with van der Waals surface area (Å²) in [7, 11) is 0. The summed E-state index contributed by atoms with van der Waals surface area (Å²) in [5.74, 6) is 7.37. The van der Waals surface area contributed by atoms with Crippen molar-refractivity contribution < 1.29 is 0 Å². The number of hydrazine groups is 1. The first-order valence-electron chi connectivity index (χ1n) is 7.52. The molecule has 0 heterocycles. The average molecular weight is 240 g/mol. The summed E-state index contributed by atoms with van der Waals surface area (Å²) >= 11 is 0. The summed E-state index contributed by atoms with van der Waals surface area (Å²) < 4.78 is 0. The summed E-state index contributed by atoms with van der Waals surface area (Å²) in [6, 6.07) is 0.507. The Bertz CT molecular complexity index is 207. The molecule has 0 aromatic rings. The van der Waals surface area contributed by atoms with Crippen molar-refractivity contribution in [1.29, 1.82) is 0 Å². The molecule has 0 radical (unpaired) electrons. The van der Waals surface area contributed by atoms with Gasteiger partial charge in [-0.05, 0) is 42.9 Å². The molecule has 1 saturated carbocycles. The van der Waals surface area contributed by atoms with Gasteiger partial charge in [-0.2, -0.15) is 0 Å². The lowest BCUT2D eigenvalue weighted by atomic mass is 9.68. The number of hydrogen-bond acceptors (Lipinski definition) is 2. The van der Waals surface area contributed by atoms with E-state index in [1.807, 2.05) is 0 Å². The van der Waals surface area contributed by atoms with E-state index in [0.717, 1.165) is 5.92 Å². The Hall–Kier alpha value is -0.0800. The minimum Gasteiger partial charge on any atom is -0.271 e. The maximum atomic E-state index is 5.89. The Balaban J connectivity index is 2.78. The highest BCUT2D eigenvalue weighted by Crippen LogP contribution is 2.48. The van der Waals surface area contributed by atoms with Gasteiger partial charge in [0.2, 0.25) is 0 Å². The first-order valence-corrected chi connectivity index (χ1v) is 7.52. The maximum Gasteiger partial charge on any atom is 0.0292 e. The van der Waals surface area contributed by atoms with Crippen LogP contribution in [0.1, 0.15) is 72.6 Å². The molecule has 1 aliphatic rings. The Morgan fingerprint density at radius 2 is 1.76 bits per heavy atom. The van der Waals surface area contributed by atoms with E-state index in [9.17, 15) is 0 Å². The first-order chi connectivity index (χ1) is 8.05. The topological polar surface area (TPSA) is 38.0 Å². The maximum absolute atomic E-state index is 5.89. The quantitative estimate of drug-likeness (QED) is 0.524. The molecule has 3 N–H and O–H groups in total. The highest BCUT2D eigenvalue weighted by Gasteiger charge is 2.42. The highest BCUT2D eigenvalue weighted by atomic mass is 15.2. The van der Waals surface area contributed by atoms with Crippen molar-refractivity contribution in [2.75, 3.05) is 0 Å². The van der Waals surface area contributed by atoms with Crippen LogP contribution in [0.4, 0.5) is 0 Å². The van der Waals surface area contributed by atoms with Crippen LogP contribution in [0.3, 0.4) is 0 Å². The van der Waals surface area contributed by atoms with Crippen molar-refractivity contribution in [3.63, 3.8) is 0 Å². The molecule has 0 aromatic heterocycles. The Morgan fingerprint density at radius 1 is 1.18 bits per heavy atom. The minimum absolute atomic E-state index is 0.470. The summed E-state index contributed by atoms with van der Waals surface area (Å²) in [5.41, 5.74) is 3.64. The van der Waals surface area contributed by atoms with Crippen LogP contribution in [0.5, 0.6) is 0 Å². The third kappa shape index (κ3) is 3.69. The molecule has 0 bridgehead atoms. The third-order valence-electron chi connectivity index (χ3n) is 4.57. The monoisotopic (exact) mass is 240 g/mol. The van der Waals surface area contributed by atoms with Gasteiger partial charge in [0.15, 0.2) is 0 Å². The van der Waals surface area contributed by atoms with Gasteiger partial charge in [0.1, 0.15) is 0 Å². The van der Waals surface area contributed by atoms with Gasteiger partial charge in [0.25, 0.3) is 0 Å². The van der Waals surface area contributed by atoms with E-state index in [-0.39, 0.29) is 0 Å². The fraction of sp³-hybridized carbons (Fsp3) is 1.00. The van der Waals surface area contributed by atoms with Gasteiger partial charge in [-0.15, -0.1) is 0 Å². The van der Waals surface area contributed by atoms with E-state index in [1.54, 1.807) is 0 Å². The lowest BCUT2D eigenvalue weighted by Gasteiger charge is -2.42. The van der Waals surface area contributed by atoms with Crippen molar-refractivity contribution in [2.24, 2.45) is 23.1 Å². The van der Waals surface area contributed by atoms with E-state index >= 15 is 0 Å². The molecule has 0 spiro atoms. The smallest absolute Gasteiger partial charge is 0.0292 e. The van der Waals surface area contributed by atoms with Crippen molar-refractivity contribution in [1.82, 2.24) is 5.43 Å². The van der Waals surface area contributed by atoms with Crippen LogP contribution < -0.4 is 11.3 Å². The van der Waals surface area contributed by atoms with Crippen molar-refractivity contribution >= 4 is 0 Å². The fourth-order valence-corrected chi connectivity index (χ4v) is 4.10. The molecule has 0 aliphatic heterocycles. The van der Waals surface area contributed by atoms with Crippen LogP contribution >= 0.6 is 0 Å². The van der Waals surface area contributed by atoms with Crippen LogP contribution in [0, 0.1) is 17.3 Å². The Labute approximate surface area is 108 Å². The second-order valence-corrected chi connectivity index (χ2v) is 6.58. The Morgan fingerprint density at radius 3 is 2.18 bits per heavy atom. The van der Waals surface area contributed by atoms with Crippen LogP contribution in [-0.4, -0.2) is 6.04 Å². The zero-order chi connectivity index (χ0) is 12.9. The van der Waals surface area contributed by atoms with Crippen molar-refractivity contribution in [2.45, 2.75) is 78.7 Å². The number of hydrogen-bond donors (Lipinski definition) is 2. The van der Waals surface area contributed by atoms with Crippen molar-refractivity contribution in [3.05, 3.63) is 0 Å². The van der Waals surface area contributed by atoms with Gasteiger partial charge in [-0.25, -0.2) is 0 Å². The van der Waals surface area contributed by atoms with Crippen LogP contribution in [0.15, 0.2) is 0 Å². The molecule has 1 rings (SSSR count). The second-order valence-electron chi connectivity index (χ2n) is 6.58. The fourth-order valence-electron chi connectivity index (χ4n) is 4.10. The molecule has 1 fully saturated rings. The molecule has 1 aliphatic carbocycles. The molecule has 17 heavy (non-hydrogen) atoms. The lowest BCUT2D eigenvalue weighted by molar-refractivity contribution is 0.112. The standard InChI is InChI=1S/C15H32N2/c1-5-8-13(4)14(17-16)15(11-12(2)3)9-6-7-10-15/h12-14,17H,5-11,16H2,1-4H3. The summed E-state index contributed by atoms with van der Waals surface area (Å²) in [6.45, 7) is 9.33. The number of rotatable bonds is 7. The van der Waals surface area contributed by atoms with Crippen LogP contribution in [0.25, 0.3) is 0 Å². The molecule has 102 valence electrons. The zero-order valence-corrected chi connectivity index (χ0v) is 12.3. The van der Waals surface area contributed by atoms with Gasteiger partial charge in [-0.3, -0.25) is 11.3 Å². The molecule has 2 nitrogen and oxygen atoms in total. The predicted octanol–water partition coefficient (Wildman–Crippen LogP) is 3.86. The van der Waals surface area contributed by atoms with Crippen molar-refractivity contribution in [3.8, 4) is 0 Å². The highest BCUT2D eigenvalue weighted by molar-refractivity contribution is 4.96. The molecule has 2 atom stereocenters. The van der Waals surface area contributed by atoms with Crippen LogP contribution in [-0.2, 0) is 0 Å². The molecular formula is C15H32N2. The number of nitrogens with two attached hydrogens (primary N) is 1. The third-order valence-corrected chi connectivity index (χ3v) is 4.57. The largest absolute Gasteiger partial charge is 0.271 e. The number of nitrogens with one attached hydrogen (secondary N) is 1. The van der Waals surface area contributed by atoms with E-state index in [4.69, 9.17) is 5.84 Å². The van der Waals surface area contributed by atoms with E-state index in [1.165, 1.54) is 44.9 Å². The lowest BCUT2D eigenvalue weighted by Crippen LogP contribution is -2.51. The van der Waals surface area contributed by atoms with E-state index < -0.39 is 0 Å². The molecular weight excluding hydrogens is 208 g/mol. The van der Waals surface area contributed by atoms with E-state index in [2.05, 4.69) is 33.1 Å². The van der Waals surface area contributed by atoms with Gasteiger partial charge < -0.3 is 0 Å². The van der Waals surface area contributed by atoms with Gasteiger partial charge in [-0.1, -0.05) is 47.0 Å². The molecule has 2 heteroatoms. The SMILES string of the molecule is CCCC(C)C(NN)C1(CC(C)C)CCCC1. The first kappa shape index (κ1) is 15.0. The second kappa shape index (κ2) is 6.75.